The highest BCUT2D eigenvalue weighted by molar-refractivity contribution is 6.32. The summed E-state index contributed by atoms with van der Waals surface area (Å²) in [4.78, 5) is 4.16. The molecule has 0 aliphatic heterocycles. The number of halogens is 1. The number of benzene rings is 1. The highest BCUT2D eigenvalue weighted by atomic mass is 35.5. The Kier molecular flexibility index (Phi) is 3.98. The molecule has 0 fully saturated rings. The second-order valence-corrected chi connectivity index (χ2v) is 4.03. The maximum atomic E-state index is 6.00. The van der Waals surface area contributed by atoms with Gasteiger partial charge in [0.25, 0.3) is 0 Å². The Morgan fingerprint density at radius 2 is 2.18 bits per heavy atom. The molecule has 1 heterocycles. The largest absolute Gasteiger partial charge is 0.484 e. The zero-order valence-corrected chi connectivity index (χ0v) is 10.4. The molecule has 0 aliphatic carbocycles. The molecule has 90 valence electrons. The topological polar surface area (TPSA) is 39.9 Å². The van der Waals surface area contributed by atoms with E-state index in [4.69, 9.17) is 16.3 Å². The molecular weight excluding hydrogens is 238 g/mol. The van der Waals surface area contributed by atoms with Crippen LogP contribution in [0.1, 0.15) is 19.2 Å². The lowest BCUT2D eigenvalue weighted by Crippen LogP contribution is -2.08. The van der Waals surface area contributed by atoms with Gasteiger partial charge >= 0.3 is 0 Å². The van der Waals surface area contributed by atoms with Gasteiger partial charge in [-0.25, -0.2) is 9.67 Å². The third-order valence-corrected chi connectivity index (χ3v) is 2.64. The molecule has 0 radical (unpaired) electrons. The normalized spacial score (nSPS) is 10.5. The molecule has 0 saturated carbocycles. The lowest BCUT2D eigenvalue weighted by molar-refractivity contribution is 0.286. The molecule has 0 saturated heterocycles. The molecule has 0 bridgehead atoms. The van der Waals surface area contributed by atoms with Crippen LogP contribution in [0.2, 0.25) is 5.02 Å². The molecule has 0 N–H and O–H groups in total. The van der Waals surface area contributed by atoms with Crippen molar-refractivity contribution in [3.8, 4) is 5.75 Å². The molecule has 4 nitrogen and oxygen atoms in total. The van der Waals surface area contributed by atoms with Crippen molar-refractivity contribution in [1.29, 1.82) is 0 Å². The van der Waals surface area contributed by atoms with E-state index >= 15 is 0 Å². The summed E-state index contributed by atoms with van der Waals surface area (Å²) >= 11 is 6.00. The zero-order valence-electron chi connectivity index (χ0n) is 9.64. The summed E-state index contributed by atoms with van der Waals surface area (Å²) < 4.78 is 7.46. The van der Waals surface area contributed by atoms with Crippen LogP contribution < -0.4 is 4.74 Å². The van der Waals surface area contributed by atoms with Crippen LogP contribution in [-0.2, 0) is 13.2 Å². The Morgan fingerprint density at radius 3 is 2.94 bits per heavy atom. The van der Waals surface area contributed by atoms with Crippen LogP contribution >= 0.6 is 11.6 Å². The van der Waals surface area contributed by atoms with Crippen LogP contribution in [0.25, 0.3) is 0 Å². The average molecular weight is 252 g/mol. The first-order valence-corrected chi connectivity index (χ1v) is 5.93. The first-order valence-electron chi connectivity index (χ1n) is 5.55. The Morgan fingerprint density at radius 1 is 1.35 bits per heavy atom. The highest BCUT2D eigenvalue weighted by Crippen LogP contribution is 2.23. The Hall–Kier alpha value is -1.55. The van der Waals surface area contributed by atoms with Gasteiger partial charge in [-0.2, -0.15) is 5.10 Å². The van der Waals surface area contributed by atoms with Gasteiger partial charge in [0.15, 0.2) is 5.82 Å². The van der Waals surface area contributed by atoms with Crippen molar-refractivity contribution in [2.24, 2.45) is 0 Å². The molecule has 0 atom stereocenters. The van der Waals surface area contributed by atoms with Crippen molar-refractivity contribution in [1.82, 2.24) is 14.8 Å². The van der Waals surface area contributed by atoms with Gasteiger partial charge in [-0.15, -0.1) is 0 Å². The third-order valence-electron chi connectivity index (χ3n) is 2.32. The number of hydrogen-bond acceptors (Lipinski definition) is 3. The van der Waals surface area contributed by atoms with Crippen LogP contribution in [0, 0.1) is 0 Å². The van der Waals surface area contributed by atoms with E-state index in [1.54, 1.807) is 12.4 Å². The first kappa shape index (κ1) is 11.9. The minimum Gasteiger partial charge on any atom is -0.484 e. The Bertz CT molecular complexity index is 484. The van der Waals surface area contributed by atoms with Gasteiger partial charge in [-0.05, 0) is 18.6 Å². The van der Waals surface area contributed by atoms with Crippen LogP contribution in [0.3, 0.4) is 0 Å². The van der Waals surface area contributed by atoms with E-state index in [9.17, 15) is 0 Å². The van der Waals surface area contributed by atoms with Crippen molar-refractivity contribution < 1.29 is 4.74 Å². The van der Waals surface area contributed by atoms with E-state index in [1.807, 2.05) is 22.9 Å². The monoisotopic (exact) mass is 251 g/mol. The maximum absolute atomic E-state index is 6.00. The van der Waals surface area contributed by atoms with Crippen molar-refractivity contribution in [3.63, 3.8) is 0 Å². The molecule has 0 amide bonds. The summed E-state index contributed by atoms with van der Waals surface area (Å²) in [6.07, 6.45) is 2.56. The summed E-state index contributed by atoms with van der Waals surface area (Å²) in [5, 5.41) is 4.74. The maximum Gasteiger partial charge on any atom is 0.164 e. The predicted octanol–water partition coefficient (Wildman–Crippen LogP) is 2.92. The molecule has 0 unspecified atom stereocenters. The van der Waals surface area contributed by atoms with E-state index in [1.165, 1.54) is 0 Å². The summed E-state index contributed by atoms with van der Waals surface area (Å²) in [6, 6.07) is 7.39. The van der Waals surface area contributed by atoms with Gasteiger partial charge in [0.05, 0.1) is 5.02 Å². The van der Waals surface area contributed by atoms with E-state index in [2.05, 4.69) is 17.0 Å². The van der Waals surface area contributed by atoms with Crippen LogP contribution in [-0.4, -0.2) is 14.8 Å². The summed E-state index contributed by atoms with van der Waals surface area (Å²) in [6.45, 7) is 3.32. The van der Waals surface area contributed by atoms with Gasteiger partial charge in [-0.3, -0.25) is 0 Å². The second-order valence-electron chi connectivity index (χ2n) is 3.62. The molecule has 0 spiro atoms. The molecular formula is C12H14ClN3O. The summed E-state index contributed by atoms with van der Waals surface area (Å²) in [5.74, 6) is 1.48. The van der Waals surface area contributed by atoms with E-state index in [0.717, 1.165) is 18.8 Å². The second kappa shape index (κ2) is 5.68. The van der Waals surface area contributed by atoms with E-state index in [-0.39, 0.29) is 0 Å². The van der Waals surface area contributed by atoms with Crippen LogP contribution in [0.5, 0.6) is 5.75 Å². The third kappa shape index (κ3) is 2.97. The smallest absolute Gasteiger partial charge is 0.164 e. The summed E-state index contributed by atoms with van der Waals surface area (Å²) in [7, 11) is 0. The van der Waals surface area contributed by atoms with Crippen molar-refractivity contribution in [2.45, 2.75) is 26.5 Å². The number of aromatic nitrogens is 3. The molecule has 5 heteroatoms. The fourth-order valence-electron chi connectivity index (χ4n) is 1.50. The van der Waals surface area contributed by atoms with Gasteiger partial charge in [-0.1, -0.05) is 30.7 Å². The number of para-hydroxylation sites is 1. The average Bonchev–Trinajstić information content (AvgIpc) is 2.76. The zero-order chi connectivity index (χ0) is 12.1. The minimum atomic E-state index is 0.379. The lowest BCUT2D eigenvalue weighted by Gasteiger charge is -2.08. The number of rotatable bonds is 5. The van der Waals surface area contributed by atoms with Gasteiger partial charge < -0.3 is 4.74 Å². The van der Waals surface area contributed by atoms with Gasteiger partial charge in [0.1, 0.15) is 18.7 Å². The molecule has 1 aromatic carbocycles. The summed E-state index contributed by atoms with van der Waals surface area (Å²) in [5.41, 5.74) is 0. The van der Waals surface area contributed by atoms with E-state index < -0.39 is 0 Å². The fraction of sp³-hybridized carbons (Fsp3) is 0.333. The van der Waals surface area contributed by atoms with Crippen molar-refractivity contribution in [2.75, 3.05) is 0 Å². The minimum absolute atomic E-state index is 0.379. The first-order chi connectivity index (χ1) is 8.31. The number of ether oxygens (including phenoxy) is 1. The number of hydrogen-bond donors (Lipinski definition) is 0. The van der Waals surface area contributed by atoms with Gasteiger partial charge in [0, 0.05) is 6.54 Å². The molecule has 17 heavy (non-hydrogen) atoms. The molecule has 1 aromatic heterocycles. The standard InChI is InChI=1S/C12H14ClN3O/c1-2-7-16-12(14-9-15-16)8-17-11-6-4-3-5-10(11)13/h3-6,9H,2,7-8H2,1H3. The predicted molar refractivity (Wildman–Crippen MR) is 66.1 cm³/mol. The SMILES string of the molecule is CCCn1ncnc1COc1ccccc1Cl. The molecule has 2 rings (SSSR count). The quantitative estimate of drug-likeness (QED) is 0.820. The Labute approximate surface area is 105 Å². The van der Waals surface area contributed by atoms with Crippen LogP contribution in [0.4, 0.5) is 0 Å². The lowest BCUT2D eigenvalue weighted by atomic mass is 10.3. The molecule has 2 aromatic rings. The van der Waals surface area contributed by atoms with Gasteiger partial charge in [0.2, 0.25) is 0 Å². The molecule has 0 aliphatic rings. The van der Waals surface area contributed by atoms with E-state index in [0.29, 0.717) is 17.4 Å². The number of aryl methyl sites for hydroxylation is 1. The van der Waals surface area contributed by atoms with Crippen molar-refractivity contribution in [3.05, 3.63) is 41.4 Å². The van der Waals surface area contributed by atoms with Crippen LogP contribution in [0.15, 0.2) is 30.6 Å². The fourth-order valence-corrected chi connectivity index (χ4v) is 1.69. The number of nitrogens with zero attached hydrogens (tertiary/aromatic N) is 3. The Balaban J connectivity index is 2.02. The highest BCUT2D eigenvalue weighted by Gasteiger charge is 2.06. The van der Waals surface area contributed by atoms with Crippen molar-refractivity contribution >= 4 is 11.6 Å².